The number of aromatic nitrogens is 2. The van der Waals surface area contributed by atoms with Gasteiger partial charge < -0.3 is 15.0 Å². The Morgan fingerprint density at radius 2 is 1.97 bits per heavy atom. The van der Waals surface area contributed by atoms with Crippen LogP contribution in [0.3, 0.4) is 0 Å². The number of ether oxygens (including phenoxy) is 1. The molecule has 1 N–H and O–H groups in total. The molecule has 0 atom stereocenters. The molecule has 2 fully saturated rings. The van der Waals surface area contributed by atoms with Crippen LogP contribution in [0, 0.1) is 11.3 Å². The maximum atomic E-state index is 12.6. The number of likely N-dealkylation sites (tertiary alicyclic amines) is 1. The first-order chi connectivity index (χ1) is 14.3. The summed E-state index contributed by atoms with van der Waals surface area (Å²) in [6.45, 7) is 1.23. The smallest absolute Gasteiger partial charge is 0.378 e. The molecule has 158 valence electrons. The van der Waals surface area contributed by atoms with Crippen LogP contribution in [-0.4, -0.2) is 67.0 Å². The highest BCUT2D eigenvalue weighted by molar-refractivity contribution is 5.59. The Morgan fingerprint density at radius 3 is 2.63 bits per heavy atom. The van der Waals surface area contributed by atoms with Crippen LogP contribution in [0.1, 0.15) is 17.0 Å². The third-order valence-electron chi connectivity index (χ3n) is 5.32. The average molecular weight is 418 g/mol. The lowest BCUT2D eigenvalue weighted by atomic mass is 9.91. The van der Waals surface area contributed by atoms with Gasteiger partial charge in [-0.1, -0.05) is 0 Å². The van der Waals surface area contributed by atoms with Gasteiger partial charge in [0.2, 0.25) is 0 Å². The van der Waals surface area contributed by atoms with Crippen molar-refractivity contribution in [3.8, 4) is 6.07 Å². The van der Waals surface area contributed by atoms with Crippen molar-refractivity contribution in [3.63, 3.8) is 0 Å². The second kappa shape index (κ2) is 8.08. The van der Waals surface area contributed by atoms with Crippen LogP contribution >= 0.6 is 0 Å². The van der Waals surface area contributed by atoms with Gasteiger partial charge in [0.1, 0.15) is 17.5 Å². The minimum atomic E-state index is -4.19. The van der Waals surface area contributed by atoms with Crippen molar-refractivity contribution in [1.29, 1.82) is 5.26 Å². The molecule has 4 rings (SSSR count). The summed E-state index contributed by atoms with van der Waals surface area (Å²) in [4.78, 5) is 12.3. The van der Waals surface area contributed by atoms with Crippen molar-refractivity contribution in [2.75, 3.05) is 50.1 Å². The van der Waals surface area contributed by atoms with Crippen molar-refractivity contribution in [2.45, 2.75) is 18.2 Å². The minimum absolute atomic E-state index is 0.00699. The van der Waals surface area contributed by atoms with Gasteiger partial charge in [-0.15, -0.1) is 0 Å². The number of hydrogen-bond donors (Lipinski definition) is 1. The van der Waals surface area contributed by atoms with Crippen LogP contribution in [-0.2, 0) is 4.74 Å². The molecule has 7 nitrogen and oxygen atoms in total. The molecule has 0 radical (unpaired) electrons. The second-order valence-electron chi connectivity index (χ2n) is 7.58. The highest BCUT2D eigenvalue weighted by Gasteiger charge is 2.38. The predicted octanol–water partition coefficient (Wildman–Crippen LogP) is 2.89. The van der Waals surface area contributed by atoms with Crippen LogP contribution in [0.5, 0.6) is 0 Å². The van der Waals surface area contributed by atoms with Crippen LogP contribution in [0.25, 0.3) is 0 Å². The van der Waals surface area contributed by atoms with Crippen LogP contribution in [0.4, 0.5) is 30.6 Å². The van der Waals surface area contributed by atoms with E-state index in [2.05, 4.69) is 26.3 Å². The van der Waals surface area contributed by atoms with Gasteiger partial charge in [-0.05, 0) is 29.8 Å². The lowest BCUT2D eigenvalue weighted by Gasteiger charge is -2.42. The summed E-state index contributed by atoms with van der Waals surface area (Å²) < 4.78 is 43.1. The number of nitrogens with one attached hydrogen (secondary N) is 1. The van der Waals surface area contributed by atoms with E-state index in [0.717, 1.165) is 11.4 Å². The summed E-state index contributed by atoms with van der Waals surface area (Å²) in [5, 5.41) is 12.2. The van der Waals surface area contributed by atoms with Gasteiger partial charge in [0, 0.05) is 45.4 Å². The van der Waals surface area contributed by atoms with Gasteiger partial charge in [0.25, 0.3) is 0 Å². The third kappa shape index (κ3) is 4.63. The number of anilines is 3. The van der Waals surface area contributed by atoms with E-state index in [0.29, 0.717) is 43.4 Å². The SMILES string of the molecule is COC1CN(c2cc(C3CN(CC(F)(F)F)C3)cc(Nc3cc(C#N)ccn3)n2)C1. The number of nitriles is 1. The van der Waals surface area contributed by atoms with Crippen molar-refractivity contribution in [1.82, 2.24) is 14.9 Å². The first-order valence-electron chi connectivity index (χ1n) is 9.55. The molecule has 2 aliphatic heterocycles. The topological polar surface area (TPSA) is 77.3 Å². The van der Waals surface area contributed by atoms with Gasteiger partial charge in [-0.25, -0.2) is 9.97 Å². The molecule has 0 saturated carbocycles. The standard InChI is InChI=1S/C20H21F3N6O/c1-30-16-10-29(11-16)19-6-14(15-8-28(9-15)12-20(21,22)23)5-18(27-19)26-17-4-13(7-24)2-3-25-17/h2-6,15-16H,8-12H2,1H3,(H,25,26,27). The maximum Gasteiger partial charge on any atom is 0.401 e. The van der Waals surface area contributed by atoms with Crippen molar-refractivity contribution in [2.24, 2.45) is 0 Å². The Hall–Kier alpha value is -2.90. The van der Waals surface area contributed by atoms with E-state index in [4.69, 9.17) is 10.00 Å². The summed E-state index contributed by atoms with van der Waals surface area (Å²) in [5.74, 6) is 1.78. The molecule has 2 aromatic rings. The molecule has 0 aliphatic carbocycles. The number of halogens is 3. The molecule has 2 aromatic heterocycles. The molecule has 4 heterocycles. The normalized spacial score (nSPS) is 17.9. The first-order valence-corrected chi connectivity index (χ1v) is 9.55. The van der Waals surface area contributed by atoms with E-state index in [1.165, 1.54) is 11.1 Å². The second-order valence-corrected chi connectivity index (χ2v) is 7.58. The van der Waals surface area contributed by atoms with E-state index in [9.17, 15) is 13.2 Å². The van der Waals surface area contributed by atoms with Crippen molar-refractivity contribution < 1.29 is 17.9 Å². The number of nitrogens with zero attached hydrogens (tertiary/aromatic N) is 5. The van der Waals surface area contributed by atoms with E-state index >= 15 is 0 Å². The van der Waals surface area contributed by atoms with Crippen LogP contribution < -0.4 is 10.2 Å². The van der Waals surface area contributed by atoms with E-state index in [-0.39, 0.29) is 12.0 Å². The zero-order valence-corrected chi connectivity index (χ0v) is 16.4. The Bertz CT molecular complexity index is 948. The van der Waals surface area contributed by atoms with Crippen LogP contribution in [0.15, 0.2) is 30.5 Å². The fraction of sp³-hybridized carbons (Fsp3) is 0.450. The average Bonchev–Trinajstić information content (AvgIpc) is 2.63. The Kier molecular flexibility index (Phi) is 5.49. The molecule has 2 aliphatic rings. The van der Waals surface area contributed by atoms with Crippen molar-refractivity contribution in [3.05, 3.63) is 41.6 Å². The predicted molar refractivity (Wildman–Crippen MR) is 105 cm³/mol. The van der Waals surface area contributed by atoms with Gasteiger partial charge in [0.15, 0.2) is 0 Å². The fourth-order valence-electron chi connectivity index (χ4n) is 3.64. The number of pyridine rings is 2. The Morgan fingerprint density at radius 1 is 1.20 bits per heavy atom. The largest absolute Gasteiger partial charge is 0.401 e. The third-order valence-corrected chi connectivity index (χ3v) is 5.32. The minimum Gasteiger partial charge on any atom is -0.378 e. The fourth-order valence-corrected chi connectivity index (χ4v) is 3.64. The summed E-state index contributed by atoms with van der Waals surface area (Å²) >= 11 is 0. The number of rotatable bonds is 6. The van der Waals surface area contributed by atoms with Crippen LogP contribution in [0.2, 0.25) is 0 Å². The highest BCUT2D eigenvalue weighted by Crippen LogP contribution is 2.34. The molecule has 2 saturated heterocycles. The summed E-state index contributed by atoms with van der Waals surface area (Å²) in [7, 11) is 1.66. The maximum absolute atomic E-state index is 12.6. The van der Waals surface area contributed by atoms with Crippen molar-refractivity contribution >= 4 is 17.5 Å². The number of alkyl halides is 3. The quantitative estimate of drug-likeness (QED) is 0.773. The lowest BCUT2D eigenvalue weighted by Crippen LogP contribution is -2.52. The summed E-state index contributed by atoms with van der Waals surface area (Å²) in [6, 6.07) is 9.06. The molecule has 0 spiro atoms. The van der Waals surface area contributed by atoms with Gasteiger partial charge >= 0.3 is 6.18 Å². The first kappa shape index (κ1) is 20.4. The molecule has 0 aromatic carbocycles. The molecule has 10 heteroatoms. The lowest BCUT2D eigenvalue weighted by molar-refractivity contribution is -0.154. The van der Waals surface area contributed by atoms with E-state index < -0.39 is 12.7 Å². The van der Waals surface area contributed by atoms with E-state index in [1.807, 2.05) is 12.1 Å². The monoisotopic (exact) mass is 418 g/mol. The Labute approximate surface area is 172 Å². The number of methoxy groups -OCH3 is 1. The zero-order chi connectivity index (χ0) is 21.3. The van der Waals surface area contributed by atoms with Gasteiger partial charge in [-0.2, -0.15) is 18.4 Å². The van der Waals surface area contributed by atoms with Gasteiger partial charge in [0.05, 0.1) is 24.3 Å². The highest BCUT2D eigenvalue weighted by atomic mass is 19.4. The number of hydrogen-bond acceptors (Lipinski definition) is 7. The molecule has 0 bridgehead atoms. The molecule has 0 amide bonds. The molecular weight excluding hydrogens is 397 g/mol. The van der Waals surface area contributed by atoms with E-state index in [1.54, 1.807) is 19.2 Å². The molecule has 0 unspecified atom stereocenters. The Balaban J connectivity index is 1.54. The summed E-state index contributed by atoms with van der Waals surface area (Å²) in [5.41, 5.74) is 1.40. The zero-order valence-electron chi connectivity index (χ0n) is 16.4. The molecular formula is C20H21F3N6O. The van der Waals surface area contributed by atoms with Gasteiger partial charge in [-0.3, -0.25) is 4.90 Å². The molecule has 30 heavy (non-hydrogen) atoms. The summed E-state index contributed by atoms with van der Waals surface area (Å²) in [6.07, 6.45) is -2.51.